The van der Waals surface area contributed by atoms with Gasteiger partial charge in [0.15, 0.2) is 0 Å². The average Bonchev–Trinajstić information content (AvgIpc) is 2.59. The number of aryl methyl sites for hydroxylation is 1. The molecule has 0 spiro atoms. The summed E-state index contributed by atoms with van der Waals surface area (Å²) >= 11 is 0. The molecule has 0 fully saturated rings. The van der Waals surface area contributed by atoms with Crippen LogP contribution in [-0.2, 0) is 5.41 Å². The first-order chi connectivity index (χ1) is 11.6. The van der Waals surface area contributed by atoms with Gasteiger partial charge in [0.1, 0.15) is 0 Å². The standard InChI is InChI=1S/C22H18N2/c1-13-6-4-8-15-17(13)11-24-21-16-9-5-7-14-10-23-12-18(19(14)16)22(2,3)20(15)21/h4-12H,1-3H3. The van der Waals surface area contributed by atoms with E-state index >= 15 is 0 Å². The molecule has 2 heteroatoms. The molecule has 4 aromatic rings. The number of hydrogen-bond donors (Lipinski definition) is 0. The number of hydrogen-bond acceptors (Lipinski definition) is 2. The maximum absolute atomic E-state index is 4.91. The lowest BCUT2D eigenvalue weighted by Gasteiger charge is -2.35. The van der Waals surface area contributed by atoms with Crippen molar-refractivity contribution in [2.75, 3.05) is 0 Å². The largest absolute Gasteiger partial charge is 0.264 e. The molecule has 0 amide bonds. The predicted molar refractivity (Wildman–Crippen MR) is 99.3 cm³/mol. The molecule has 0 unspecified atom stereocenters. The highest BCUT2D eigenvalue weighted by Gasteiger charge is 2.36. The van der Waals surface area contributed by atoms with Gasteiger partial charge in [0.2, 0.25) is 0 Å². The fraction of sp³-hybridized carbons (Fsp3) is 0.182. The molecule has 24 heavy (non-hydrogen) atoms. The van der Waals surface area contributed by atoms with Gasteiger partial charge in [-0.15, -0.1) is 0 Å². The monoisotopic (exact) mass is 310 g/mol. The summed E-state index contributed by atoms with van der Waals surface area (Å²) in [6, 6.07) is 13.0. The molecule has 0 bridgehead atoms. The van der Waals surface area contributed by atoms with Gasteiger partial charge in [0, 0.05) is 40.3 Å². The first-order valence-corrected chi connectivity index (χ1v) is 8.35. The van der Waals surface area contributed by atoms with Crippen molar-refractivity contribution in [1.29, 1.82) is 0 Å². The Balaban J connectivity index is 2.06. The number of aromatic nitrogens is 2. The fourth-order valence-electron chi connectivity index (χ4n) is 4.27. The van der Waals surface area contributed by atoms with Gasteiger partial charge in [-0.2, -0.15) is 0 Å². The van der Waals surface area contributed by atoms with E-state index in [1.807, 2.05) is 18.6 Å². The molecule has 116 valence electrons. The van der Waals surface area contributed by atoms with E-state index in [1.165, 1.54) is 43.8 Å². The van der Waals surface area contributed by atoms with Crippen LogP contribution in [0, 0.1) is 6.92 Å². The van der Waals surface area contributed by atoms with Gasteiger partial charge < -0.3 is 0 Å². The van der Waals surface area contributed by atoms with E-state index in [1.54, 1.807) is 0 Å². The molecule has 2 aromatic heterocycles. The number of rotatable bonds is 0. The Morgan fingerprint density at radius 1 is 0.875 bits per heavy atom. The molecule has 0 saturated heterocycles. The number of benzene rings is 2. The summed E-state index contributed by atoms with van der Waals surface area (Å²) in [5, 5.41) is 5.03. The second kappa shape index (κ2) is 4.41. The molecule has 0 aliphatic heterocycles. The molecule has 1 aliphatic carbocycles. The predicted octanol–water partition coefficient (Wildman–Crippen LogP) is 5.40. The zero-order valence-corrected chi connectivity index (χ0v) is 14.1. The Labute approximate surface area is 141 Å². The van der Waals surface area contributed by atoms with Gasteiger partial charge in [-0.05, 0) is 34.4 Å². The molecule has 2 heterocycles. The molecule has 0 N–H and O–H groups in total. The van der Waals surface area contributed by atoms with Crippen LogP contribution in [0.1, 0.15) is 30.5 Å². The van der Waals surface area contributed by atoms with Gasteiger partial charge >= 0.3 is 0 Å². The first-order valence-electron chi connectivity index (χ1n) is 8.35. The van der Waals surface area contributed by atoms with Gasteiger partial charge in [0.25, 0.3) is 0 Å². The van der Waals surface area contributed by atoms with E-state index in [0.717, 1.165) is 5.69 Å². The maximum atomic E-state index is 4.91. The molecule has 0 atom stereocenters. The van der Waals surface area contributed by atoms with E-state index < -0.39 is 0 Å². The van der Waals surface area contributed by atoms with Crippen LogP contribution >= 0.6 is 0 Å². The van der Waals surface area contributed by atoms with E-state index in [9.17, 15) is 0 Å². The zero-order chi connectivity index (χ0) is 16.5. The normalized spacial score (nSPS) is 14.8. The van der Waals surface area contributed by atoms with Crippen molar-refractivity contribution in [3.63, 3.8) is 0 Å². The lowest BCUT2D eigenvalue weighted by molar-refractivity contribution is 0.645. The highest BCUT2D eigenvalue weighted by atomic mass is 14.7. The Kier molecular flexibility index (Phi) is 2.52. The summed E-state index contributed by atoms with van der Waals surface area (Å²) in [4.78, 5) is 9.41. The lowest BCUT2D eigenvalue weighted by Crippen LogP contribution is -2.25. The minimum absolute atomic E-state index is 0.128. The summed E-state index contributed by atoms with van der Waals surface area (Å²) in [6.07, 6.45) is 6.02. The second-order valence-electron chi connectivity index (χ2n) is 7.23. The minimum Gasteiger partial charge on any atom is -0.264 e. The number of nitrogens with zero attached hydrogens (tertiary/aromatic N) is 2. The van der Waals surface area contributed by atoms with Crippen LogP contribution in [0.3, 0.4) is 0 Å². The quantitative estimate of drug-likeness (QED) is 0.435. The molecule has 1 aliphatic rings. The molecule has 0 saturated carbocycles. The Bertz CT molecular complexity index is 1130. The topological polar surface area (TPSA) is 25.8 Å². The average molecular weight is 310 g/mol. The summed E-state index contributed by atoms with van der Waals surface area (Å²) < 4.78 is 0. The minimum atomic E-state index is -0.128. The van der Waals surface area contributed by atoms with Crippen LogP contribution in [0.5, 0.6) is 0 Å². The third kappa shape index (κ3) is 1.56. The molecule has 2 aromatic carbocycles. The van der Waals surface area contributed by atoms with Gasteiger partial charge in [-0.3, -0.25) is 9.97 Å². The highest BCUT2D eigenvalue weighted by molar-refractivity contribution is 6.05. The Hall–Kier alpha value is -2.74. The van der Waals surface area contributed by atoms with Crippen LogP contribution in [-0.4, -0.2) is 9.97 Å². The van der Waals surface area contributed by atoms with E-state index in [2.05, 4.69) is 62.2 Å². The summed E-state index contributed by atoms with van der Waals surface area (Å²) in [5.74, 6) is 0. The van der Waals surface area contributed by atoms with Crippen molar-refractivity contribution >= 4 is 21.5 Å². The first kappa shape index (κ1) is 13.7. The maximum Gasteiger partial charge on any atom is 0.0755 e. The van der Waals surface area contributed by atoms with Crippen molar-refractivity contribution in [1.82, 2.24) is 9.97 Å². The molecule has 0 radical (unpaired) electrons. The van der Waals surface area contributed by atoms with Gasteiger partial charge in [-0.1, -0.05) is 50.2 Å². The van der Waals surface area contributed by atoms with Crippen LogP contribution in [0.4, 0.5) is 0 Å². The second-order valence-corrected chi connectivity index (χ2v) is 7.23. The van der Waals surface area contributed by atoms with Crippen LogP contribution in [0.25, 0.3) is 32.8 Å². The molecule has 5 rings (SSSR count). The summed E-state index contributed by atoms with van der Waals surface area (Å²) in [5.41, 5.74) is 6.09. The SMILES string of the molecule is Cc1cccc2c3c(ncc12)-c1cccc2cncc(c12)C3(C)C. The van der Waals surface area contributed by atoms with Gasteiger partial charge in [-0.25, -0.2) is 0 Å². The Morgan fingerprint density at radius 3 is 2.58 bits per heavy atom. The van der Waals surface area contributed by atoms with Crippen molar-refractivity contribution in [3.05, 3.63) is 71.7 Å². The van der Waals surface area contributed by atoms with E-state index in [4.69, 9.17) is 4.98 Å². The summed E-state index contributed by atoms with van der Waals surface area (Å²) in [6.45, 7) is 6.74. The van der Waals surface area contributed by atoms with Crippen molar-refractivity contribution in [3.8, 4) is 11.3 Å². The lowest BCUT2D eigenvalue weighted by atomic mass is 9.69. The zero-order valence-electron chi connectivity index (χ0n) is 14.1. The van der Waals surface area contributed by atoms with E-state index in [0.29, 0.717) is 0 Å². The molecular weight excluding hydrogens is 292 g/mol. The molecule has 2 nitrogen and oxygen atoms in total. The van der Waals surface area contributed by atoms with Crippen molar-refractivity contribution < 1.29 is 0 Å². The van der Waals surface area contributed by atoms with Crippen molar-refractivity contribution in [2.24, 2.45) is 0 Å². The third-order valence-electron chi connectivity index (χ3n) is 5.49. The third-order valence-corrected chi connectivity index (χ3v) is 5.49. The van der Waals surface area contributed by atoms with Crippen LogP contribution in [0.2, 0.25) is 0 Å². The fourth-order valence-corrected chi connectivity index (χ4v) is 4.27. The summed E-state index contributed by atoms with van der Waals surface area (Å²) in [7, 11) is 0. The van der Waals surface area contributed by atoms with Gasteiger partial charge in [0.05, 0.1) is 5.69 Å². The van der Waals surface area contributed by atoms with Crippen LogP contribution in [0.15, 0.2) is 55.0 Å². The number of pyridine rings is 2. The van der Waals surface area contributed by atoms with E-state index in [-0.39, 0.29) is 5.41 Å². The highest BCUT2D eigenvalue weighted by Crippen LogP contribution is 2.49. The molecular formula is C22H18N2. The smallest absolute Gasteiger partial charge is 0.0755 e. The van der Waals surface area contributed by atoms with Crippen LogP contribution < -0.4 is 0 Å². The number of fused-ring (bicyclic) bond motifs is 4. The van der Waals surface area contributed by atoms with Crippen molar-refractivity contribution in [2.45, 2.75) is 26.2 Å². The Morgan fingerprint density at radius 2 is 1.71 bits per heavy atom.